The zero-order chi connectivity index (χ0) is 18.9. The van der Waals surface area contributed by atoms with E-state index < -0.39 is 0 Å². The fraction of sp³-hybridized carbons (Fsp3) is 0. The van der Waals surface area contributed by atoms with E-state index in [4.69, 9.17) is 4.98 Å². The molecule has 4 heteroatoms. The van der Waals surface area contributed by atoms with Gasteiger partial charge in [-0.25, -0.2) is 4.98 Å². The number of H-pyrrole nitrogens is 1. The van der Waals surface area contributed by atoms with Crippen molar-refractivity contribution in [3.05, 3.63) is 91.3 Å². The SMILES string of the molecule is Oc1ccc2cc(-c3nc(-c4ccccc4)[nH]c3-c3ccncc3)ccc2c1. The average Bonchev–Trinajstić information content (AvgIpc) is 3.20. The van der Waals surface area contributed by atoms with Gasteiger partial charge in [-0.05, 0) is 41.1 Å². The van der Waals surface area contributed by atoms with Gasteiger partial charge in [0.05, 0.1) is 11.4 Å². The summed E-state index contributed by atoms with van der Waals surface area (Å²) in [6.07, 6.45) is 3.57. The number of pyridine rings is 1. The number of aromatic hydroxyl groups is 1. The minimum atomic E-state index is 0.267. The maximum Gasteiger partial charge on any atom is 0.138 e. The second-order valence-corrected chi connectivity index (χ2v) is 6.66. The molecule has 3 aromatic carbocycles. The van der Waals surface area contributed by atoms with Gasteiger partial charge >= 0.3 is 0 Å². The van der Waals surface area contributed by atoms with Crippen molar-refractivity contribution in [2.24, 2.45) is 0 Å². The van der Waals surface area contributed by atoms with Crippen LogP contribution in [-0.4, -0.2) is 20.1 Å². The van der Waals surface area contributed by atoms with Crippen LogP contribution in [0.2, 0.25) is 0 Å². The average molecular weight is 363 g/mol. The summed E-state index contributed by atoms with van der Waals surface area (Å²) in [4.78, 5) is 12.5. The Morgan fingerprint density at radius 3 is 2.25 bits per heavy atom. The quantitative estimate of drug-likeness (QED) is 0.434. The van der Waals surface area contributed by atoms with E-state index in [-0.39, 0.29) is 5.75 Å². The second kappa shape index (κ2) is 6.67. The highest BCUT2D eigenvalue weighted by Gasteiger charge is 2.15. The lowest BCUT2D eigenvalue weighted by Crippen LogP contribution is -1.85. The molecular weight excluding hydrogens is 346 g/mol. The predicted molar refractivity (Wildman–Crippen MR) is 112 cm³/mol. The maximum absolute atomic E-state index is 9.72. The van der Waals surface area contributed by atoms with Crippen molar-refractivity contribution in [3.8, 4) is 39.7 Å². The fourth-order valence-corrected chi connectivity index (χ4v) is 3.42. The Hall–Kier alpha value is -3.92. The van der Waals surface area contributed by atoms with E-state index in [0.717, 1.165) is 44.7 Å². The number of aromatic amines is 1. The molecule has 0 saturated carbocycles. The fourth-order valence-electron chi connectivity index (χ4n) is 3.42. The van der Waals surface area contributed by atoms with Crippen LogP contribution in [0.4, 0.5) is 0 Å². The molecule has 0 unspecified atom stereocenters. The van der Waals surface area contributed by atoms with Crippen LogP contribution in [0, 0.1) is 0 Å². The molecule has 2 aromatic heterocycles. The van der Waals surface area contributed by atoms with E-state index >= 15 is 0 Å². The van der Waals surface area contributed by atoms with Crippen LogP contribution in [0.25, 0.3) is 44.7 Å². The summed E-state index contributed by atoms with van der Waals surface area (Å²) in [5, 5.41) is 11.8. The summed E-state index contributed by atoms with van der Waals surface area (Å²) in [5.74, 6) is 1.09. The third-order valence-corrected chi connectivity index (χ3v) is 4.82. The van der Waals surface area contributed by atoms with Gasteiger partial charge in [0.1, 0.15) is 11.6 Å². The third kappa shape index (κ3) is 2.91. The van der Waals surface area contributed by atoms with Gasteiger partial charge in [-0.3, -0.25) is 4.98 Å². The standard InChI is InChI=1S/C24H17N3O/c28-21-9-8-18-14-20(7-6-19(18)15-21)23-22(16-10-12-25-13-11-16)26-24(27-23)17-4-2-1-3-5-17/h1-15,28H,(H,26,27). The van der Waals surface area contributed by atoms with Crippen LogP contribution >= 0.6 is 0 Å². The van der Waals surface area contributed by atoms with Gasteiger partial charge in [-0.2, -0.15) is 0 Å². The first-order chi connectivity index (χ1) is 13.8. The molecule has 5 rings (SSSR count). The molecule has 2 N–H and O–H groups in total. The van der Waals surface area contributed by atoms with Crippen molar-refractivity contribution in [2.75, 3.05) is 0 Å². The lowest BCUT2D eigenvalue weighted by Gasteiger charge is -2.05. The number of benzene rings is 3. The van der Waals surface area contributed by atoms with E-state index in [0.29, 0.717) is 0 Å². The summed E-state index contributed by atoms with van der Waals surface area (Å²) < 4.78 is 0. The lowest BCUT2D eigenvalue weighted by atomic mass is 10.0. The molecule has 0 bridgehead atoms. The van der Waals surface area contributed by atoms with E-state index in [2.05, 4.69) is 16.0 Å². The molecule has 0 saturated heterocycles. The normalized spacial score (nSPS) is 11.0. The lowest BCUT2D eigenvalue weighted by molar-refractivity contribution is 0.476. The Balaban J connectivity index is 1.71. The van der Waals surface area contributed by atoms with Gasteiger partial charge in [0.2, 0.25) is 0 Å². The molecule has 5 aromatic rings. The molecular formula is C24H17N3O. The Labute approximate surface area is 162 Å². The number of hydrogen-bond acceptors (Lipinski definition) is 3. The topological polar surface area (TPSA) is 61.8 Å². The van der Waals surface area contributed by atoms with E-state index in [1.807, 2.05) is 60.7 Å². The van der Waals surface area contributed by atoms with E-state index in [1.165, 1.54) is 0 Å². The predicted octanol–water partition coefficient (Wildman–Crippen LogP) is 5.66. The molecule has 0 radical (unpaired) electrons. The van der Waals surface area contributed by atoms with E-state index in [1.54, 1.807) is 24.5 Å². The highest BCUT2D eigenvalue weighted by molar-refractivity contribution is 5.90. The minimum absolute atomic E-state index is 0.267. The van der Waals surface area contributed by atoms with Crippen LogP contribution in [-0.2, 0) is 0 Å². The van der Waals surface area contributed by atoms with Gasteiger partial charge in [0.25, 0.3) is 0 Å². The summed E-state index contributed by atoms with van der Waals surface area (Å²) >= 11 is 0. The van der Waals surface area contributed by atoms with E-state index in [9.17, 15) is 5.11 Å². The Morgan fingerprint density at radius 2 is 1.43 bits per heavy atom. The number of hydrogen-bond donors (Lipinski definition) is 2. The van der Waals surface area contributed by atoms with Crippen LogP contribution in [0.15, 0.2) is 91.3 Å². The summed E-state index contributed by atoms with van der Waals surface area (Å²) in [5.41, 5.74) is 4.93. The number of nitrogens with zero attached hydrogens (tertiary/aromatic N) is 2. The molecule has 0 amide bonds. The van der Waals surface area contributed by atoms with Gasteiger partial charge in [-0.1, -0.05) is 48.5 Å². The summed E-state index contributed by atoms with van der Waals surface area (Å²) in [6.45, 7) is 0. The van der Waals surface area contributed by atoms with Gasteiger partial charge < -0.3 is 10.1 Å². The molecule has 0 aliphatic carbocycles. The number of aromatic nitrogens is 3. The first-order valence-electron chi connectivity index (χ1n) is 9.07. The minimum Gasteiger partial charge on any atom is -0.508 e. The second-order valence-electron chi connectivity index (χ2n) is 6.66. The molecule has 0 aliphatic heterocycles. The van der Waals surface area contributed by atoms with Crippen LogP contribution in [0.1, 0.15) is 0 Å². The first kappa shape index (κ1) is 16.3. The Morgan fingerprint density at radius 1 is 0.679 bits per heavy atom. The maximum atomic E-state index is 9.72. The highest BCUT2D eigenvalue weighted by Crippen LogP contribution is 2.34. The van der Waals surface area contributed by atoms with Crippen LogP contribution < -0.4 is 0 Å². The molecule has 0 atom stereocenters. The molecule has 4 nitrogen and oxygen atoms in total. The van der Waals surface area contributed by atoms with Crippen molar-refractivity contribution in [2.45, 2.75) is 0 Å². The largest absolute Gasteiger partial charge is 0.508 e. The Kier molecular flexibility index (Phi) is 3.87. The van der Waals surface area contributed by atoms with Crippen molar-refractivity contribution in [1.29, 1.82) is 0 Å². The number of imidazole rings is 1. The van der Waals surface area contributed by atoms with Gasteiger partial charge in [-0.15, -0.1) is 0 Å². The summed E-state index contributed by atoms with van der Waals surface area (Å²) in [7, 11) is 0. The third-order valence-electron chi connectivity index (χ3n) is 4.82. The monoisotopic (exact) mass is 363 g/mol. The number of phenols is 1. The van der Waals surface area contributed by atoms with Crippen molar-refractivity contribution in [1.82, 2.24) is 15.0 Å². The Bertz CT molecular complexity index is 1260. The number of nitrogens with one attached hydrogen (secondary N) is 1. The molecule has 28 heavy (non-hydrogen) atoms. The number of rotatable bonds is 3. The number of fused-ring (bicyclic) bond motifs is 1. The molecule has 134 valence electrons. The zero-order valence-corrected chi connectivity index (χ0v) is 15.0. The molecule has 0 aliphatic rings. The summed E-state index contributed by atoms with van der Waals surface area (Å²) in [6, 6.07) is 25.6. The van der Waals surface area contributed by atoms with Crippen LogP contribution in [0.5, 0.6) is 5.75 Å². The highest BCUT2D eigenvalue weighted by atomic mass is 16.3. The van der Waals surface area contributed by atoms with Crippen molar-refractivity contribution >= 4 is 10.8 Å². The first-order valence-corrected chi connectivity index (χ1v) is 9.07. The number of phenolic OH excluding ortho intramolecular Hbond substituents is 1. The van der Waals surface area contributed by atoms with Gasteiger partial charge in [0.15, 0.2) is 0 Å². The molecule has 0 spiro atoms. The molecule has 2 heterocycles. The molecule has 0 fully saturated rings. The zero-order valence-electron chi connectivity index (χ0n) is 15.0. The van der Waals surface area contributed by atoms with Gasteiger partial charge in [0, 0.05) is 29.1 Å². The smallest absolute Gasteiger partial charge is 0.138 e. The van der Waals surface area contributed by atoms with Crippen molar-refractivity contribution < 1.29 is 5.11 Å². The van der Waals surface area contributed by atoms with Crippen LogP contribution in [0.3, 0.4) is 0 Å². The van der Waals surface area contributed by atoms with Crippen molar-refractivity contribution in [3.63, 3.8) is 0 Å².